The number of halogens is 2. The van der Waals surface area contributed by atoms with Crippen LogP contribution in [-0.4, -0.2) is 8.75 Å². The molecule has 0 aliphatic rings. The fourth-order valence-corrected chi connectivity index (χ4v) is 2.56. The summed E-state index contributed by atoms with van der Waals surface area (Å²) in [6.45, 7) is 0. The Labute approximate surface area is 122 Å². The predicted octanol–water partition coefficient (Wildman–Crippen LogP) is 4.10. The van der Waals surface area contributed by atoms with Gasteiger partial charge in [0.15, 0.2) is 0 Å². The van der Waals surface area contributed by atoms with Crippen LogP contribution in [0.4, 0.5) is 15.8 Å². The summed E-state index contributed by atoms with van der Waals surface area (Å²) in [4.78, 5) is 0. The fraction of sp³-hybridized carbons (Fsp3) is 0. The van der Waals surface area contributed by atoms with Crippen LogP contribution in [-0.2, 0) is 0 Å². The molecule has 3 rings (SSSR count). The monoisotopic (exact) mass is 304 g/mol. The van der Waals surface area contributed by atoms with Gasteiger partial charge in [0.05, 0.1) is 28.1 Å². The summed E-state index contributed by atoms with van der Waals surface area (Å²) in [5, 5.41) is 12.4. The molecule has 0 atom stereocenters. The summed E-state index contributed by atoms with van der Waals surface area (Å²) in [5.74, 6) is -0.586. The van der Waals surface area contributed by atoms with Crippen molar-refractivity contribution < 1.29 is 4.39 Å². The Morgan fingerprint density at radius 3 is 2.90 bits per heavy atom. The molecular formula is C13H6ClFN4S. The van der Waals surface area contributed by atoms with Crippen molar-refractivity contribution in [2.45, 2.75) is 0 Å². The largest absolute Gasteiger partial charge is 0.351 e. The Hall–Kier alpha value is -2.23. The van der Waals surface area contributed by atoms with Crippen LogP contribution >= 0.6 is 23.3 Å². The van der Waals surface area contributed by atoms with E-state index in [0.29, 0.717) is 27.4 Å². The van der Waals surface area contributed by atoms with E-state index in [1.165, 1.54) is 12.1 Å². The number of nitriles is 1. The SMILES string of the molecule is N#Cc1c(F)cccc1Nc1c(Cl)ccc2nsnc12. The van der Waals surface area contributed by atoms with E-state index in [0.717, 1.165) is 11.7 Å². The molecule has 1 aromatic heterocycles. The van der Waals surface area contributed by atoms with E-state index in [1.807, 2.05) is 6.07 Å². The van der Waals surface area contributed by atoms with E-state index < -0.39 is 5.82 Å². The van der Waals surface area contributed by atoms with E-state index in [4.69, 9.17) is 16.9 Å². The number of nitrogens with one attached hydrogen (secondary N) is 1. The van der Waals surface area contributed by atoms with E-state index in [-0.39, 0.29) is 5.56 Å². The van der Waals surface area contributed by atoms with Crippen molar-refractivity contribution in [2.75, 3.05) is 5.32 Å². The summed E-state index contributed by atoms with van der Waals surface area (Å²) in [7, 11) is 0. The van der Waals surface area contributed by atoms with Gasteiger partial charge in [-0.25, -0.2) is 4.39 Å². The van der Waals surface area contributed by atoms with Crippen LogP contribution in [0.5, 0.6) is 0 Å². The van der Waals surface area contributed by atoms with E-state index >= 15 is 0 Å². The number of benzene rings is 2. The minimum Gasteiger partial charge on any atom is -0.351 e. The van der Waals surface area contributed by atoms with Gasteiger partial charge in [-0.3, -0.25) is 0 Å². The molecule has 0 radical (unpaired) electrons. The second kappa shape index (κ2) is 5.04. The molecule has 0 bridgehead atoms. The van der Waals surface area contributed by atoms with Crippen LogP contribution in [0, 0.1) is 17.1 Å². The van der Waals surface area contributed by atoms with Gasteiger partial charge in [-0.15, -0.1) is 0 Å². The average Bonchev–Trinajstić information content (AvgIpc) is 2.91. The molecule has 3 aromatic rings. The van der Waals surface area contributed by atoms with Crippen LogP contribution in [0.3, 0.4) is 0 Å². The first-order chi connectivity index (χ1) is 9.70. The lowest BCUT2D eigenvalue weighted by atomic mass is 10.1. The molecule has 0 unspecified atom stereocenters. The summed E-state index contributed by atoms with van der Waals surface area (Å²) in [5.41, 5.74) is 2.08. The first kappa shape index (κ1) is 12.8. The van der Waals surface area contributed by atoms with Crippen LogP contribution in [0.25, 0.3) is 11.0 Å². The van der Waals surface area contributed by atoms with Crippen LogP contribution in [0.1, 0.15) is 5.56 Å². The third kappa shape index (κ3) is 2.07. The molecule has 0 saturated carbocycles. The summed E-state index contributed by atoms with van der Waals surface area (Å²) in [6.07, 6.45) is 0. The van der Waals surface area contributed by atoms with Gasteiger partial charge in [-0.05, 0) is 24.3 Å². The number of nitrogens with zero attached hydrogens (tertiary/aromatic N) is 3. The van der Waals surface area contributed by atoms with Crippen LogP contribution < -0.4 is 5.32 Å². The molecule has 7 heteroatoms. The second-order valence-corrected chi connectivity index (χ2v) is 4.89. The van der Waals surface area contributed by atoms with Crippen molar-refractivity contribution >= 4 is 45.7 Å². The highest BCUT2D eigenvalue weighted by molar-refractivity contribution is 7.00. The third-order valence-corrected chi connectivity index (χ3v) is 3.62. The van der Waals surface area contributed by atoms with E-state index in [1.54, 1.807) is 18.2 Å². The standard InChI is InChI=1S/C13H6ClFN4S/c14-8-4-5-11-13(19-20-18-11)12(8)17-10-3-1-2-9(15)7(10)6-16/h1-5,17H. The van der Waals surface area contributed by atoms with Gasteiger partial charge in [0, 0.05) is 0 Å². The topological polar surface area (TPSA) is 61.6 Å². The minimum absolute atomic E-state index is 0.0660. The maximum Gasteiger partial charge on any atom is 0.143 e. The Balaban J connectivity index is 2.15. The lowest BCUT2D eigenvalue weighted by Gasteiger charge is -2.10. The molecular weight excluding hydrogens is 299 g/mol. The molecule has 0 fully saturated rings. The molecule has 2 aromatic carbocycles. The predicted molar refractivity (Wildman–Crippen MR) is 76.8 cm³/mol. The van der Waals surface area contributed by atoms with Crippen LogP contribution in [0.2, 0.25) is 5.02 Å². The molecule has 0 aliphatic carbocycles. The molecule has 1 heterocycles. The zero-order valence-electron chi connectivity index (χ0n) is 9.89. The Morgan fingerprint density at radius 1 is 1.25 bits per heavy atom. The smallest absolute Gasteiger partial charge is 0.143 e. The highest BCUT2D eigenvalue weighted by Crippen LogP contribution is 2.33. The van der Waals surface area contributed by atoms with Gasteiger partial charge < -0.3 is 5.32 Å². The molecule has 0 saturated heterocycles. The number of hydrogen-bond acceptors (Lipinski definition) is 5. The second-order valence-electron chi connectivity index (χ2n) is 3.95. The Morgan fingerprint density at radius 2 is 2.10 bits per heavy atom. The molecule has 0 aliphatic heterocycles. The van der Waals surface area contributed by atoms with Crippen molar-refractivity contribution in [3.05, 3.63) is 46.7 Å². The van der Waals surface area contributed by atoms with E-state index in [9.17, 15) is 4.39 Å². The van der Waals surface area contributed by atoms with Gasteiger partial charge in [-0.1, -0.05) is 17.7 Å². The van der Waals surface area contributed by atoms with Gasteiger partial charge >= 0.3 is 0 Å². The number of rotatable bonds is 2. The maximum atomic E-state index is 13.6. The first-order valence-electron chi connectivity index (χ1n) is 5.57. The van der Waals surface area contributed by atoms with Gasteiger partial charge in [-0.2, -0.15) is 14.0 Å². The molecule has 0 spiro atoms. The van der Waals surface area contributed by atoms with Crippen molar-refractivity contribution in [1.29, 1.82) is 5.26 Å². The Bertz CT molecular complexity index is 840. The van der Waals surface area contributed by atoms with Gasteiger partial charge in [0.2, 0.25) is 0 Å². The molecule has 20 heavy (non-hydrogen) atoms. The molecule has 0 amide bonds. The van der Waals surface area contributed by atoms with Crippen molar-refractivity contribution in [2.24, 2.45) is 0 Å². The summed E-state index contributed by atoms with van der Waals surface area (Å²) < 4.78 is 21.9. The number of hydrogen-bond donors (Lipinski definition) is 1. The zero-order valence-corrected chi connectivity index (χ0v) is 11.5. The molecule has 4 nitrogen and oxygen atoms in total. The fourth-order valence-electron chi connectivity index (χ4n) is 1.82. The quantitative estimate of drug-likeness (QED) is 0.774. The lowest BCUT2D eigenvalue weighted by Crippen LogP contribution is -1.97. The van der Waals surface area contributed by atoms with Gasteiger partial charge in [0.25, 0.3) is 0 Å². The molecule has 98 valence electrons. The average molecular weight is 305 g/mol. The summed E-state index contributed by atoms with van der Waals surface area (Å²) >= 11 is 7.20. The number of anilines is 2. The normalized spacial score (nSPS) is 10.4. The third-order valence-electron chi connectivity index (χ3n) is 2.76. The maximum absolute atomic E-state index is 13.6. The Kier molecular flexibility index (Phi) is 3.22. The van der Waals surface area contributed by atoms with Crippen molar-refractivity contribution in [1.82, 2.24) is 8.75 Å². The van der Waals surface area contributed by atoms with Crippen molar-refractivity contribution in [3.63, 3.8) is 0 Å². The lowest BCUT2D eigenvalue weighted by molar-refractivity contribution is 0.624. The zero-order chi connectivity index (χ0) is 14.1. The summed E-state index contributed by atoms with van der Waals surface area (Å²) in [6, 6.07) is 9.62. The molecule has 1 N–H and O–H groups in total. The number of aromatic nitrogens is 2. The minimum atomic E-state index is -0.586. The van der Waals surface area contributed by atoms with Crippen LogP contribution in [0.15, 0.2) is 30.3 Å². The highest BCUT2D eigenvalue weighted by Gasteiger charge is 2.13. The highest BCUT2D eigenvalue weighted by atomic mass is 35.5. The van der Waals surface area contributed by atoms with Gasteiger partial charge in [0.1, 0.15) is 28.5 Å². The van der Waals surface area contributed by atoms with Crippen molar-refractivity contribution in [3.8, 4) is 6.07 Å². The number of fused-ring (bicyclic) bond motifs is 1. The first-order valence-corrected chi connectivity index (χ1v) is 6.68. The van der Waals surface area contributed by atoms with E-state index in [2.05, 4.69) is 14.1 Å².